The van der Waals surface area contributed by atoms with Crippen molar-refractivity contribution in [3.05, 3.63) is 47.0 Å². The zero-order valence-corrected chi connectivity index (χ0v) is 13.9. The molecule has 1 saturated heterocycles. The molecule has 2 atom stereocenters. The van der Waals surface area contributed by atoms with E-state index in [1.54, 1.807) is 7.05 Å². The number of aliphatic hydroxyl groups is 1. The first-order valence-electron chi connectivity index (χ1n) is 7.85. The number of carbonyl (C=O) groups excluding carboxylic acids is 1. The highest BCUT2D eigenvalue weighted by atomic mass is 35.5. The van der Waals surface area contributed by atoms with E-state index in [1.807, 2.05) is 24.3 Å². The maximum atomic E-state index is 11.5. The summed E-state index contributed by atoms with van der Waals surface area (Å²) in [6.07, 6.45) is -0.0732. The number of hydrogen-bond donors (Lipinski definition) is 2. The third kappa shape index (κ3) is 3.66. The van der Waals surface area contributed by atoms with Gasteiger partial charge in [-0.05, 0) is 28.5 Å². The van der Waals surface area contributed by atoms with Crippen LogP contribution in [0.1, 0.15) is 12.0 Å². The van der Waals surface area contributed by atoms with Crippen LogP contribution >= 0.6 is 11.6 Å². The lowest BCUT2D eigenvalue weighted by atomic mass is 10.0. The molecule has 0 bridgehead atoms. The van der Waals surface area contributed by atoms with E-state index in [-0.39, 0.29) is 11.8 Å². The molecular formula is C18H21ClN2O2. The fraction of sp³-hybridized carbons (Fsp3) is 0.389. The van der Waals surface area contributed by atoms with Gasteiger partial charge in [0.1, 0.15) is 0 Å². The van der Waals surface area contributed by atoms with Crippen LogP contribution in [0.3, 0.4) is 0 Å². The minimum atomic E-state index is -0.447. The van der Waals surface area contributed by atoms with Gasteiger partial charge < -0.3 is 10.4 Å². The minimum absolute atomic E-state index is 0.000583. The number of carbonyl (C=O) groups is 1. The quantitative estimate of drug-likeness (QED) is 0.904. The second-order valence-corrected chi connectivity index (χ2v) is 6.62. The monoisotopic (exact) mass is 332 g/mol. The minimum Gasteiger partial charge on any atom is -0.391 e. The largest absolute Gasteiger partial charge is 0.391 e. The van der Waals surface area contributed by atoms with Crippen LogP contribution in [-0.2, 0) is 11.3 Å². The summed E-state index contributed by atoms with van der Waals surface area (Å²) in [6, 6.07) is 12.1. The lowest BCUT2D eigenvalue weighted by Gasteiger charge is -2.17. The number of β-amino-alcohol motifs (C(OH)–C–C–N with tert-alkyl or cyclic N) is 1. The number of fused-ring (bicyclic) bond motifs is 1. The molecule has 122 valence electrons. The summed E-state index contributed by atoms with van der Waals surface area (Å²) in [5.41, 5.74) is 1.21. The first kappa shape index (κ1) is 16.2. The molecule has 0 aromatic heterocycles. The van der Waals surface area contributed by atoms with Gasteiger partial charge in [-0.3, -0.25) is 9.69 Å². The third-order valence-corrected chi connectivity index (χ3v) is 4.77. The van der Waals surface area contributed by atoms with Gasteiger partial charge in [-0.25, -0.2) is 0 Å². The average Bonchev–Trinajstić information content (AvgIpc) is 2.86. The summed E-state index contributed by atoms with van der Waals surface area (Å²) in [6.45, 7) is 2.10. The normalized spacial score (nSPS) is 21.7. The highest BCUT2D eigenvalue weighted by molar-refractivity contribution is 6.31. The second kappa shape index (κ2) is 6.87. The highest BCUT2D eigenvalue weighted by Crippen LogP contribution is 2.27. The topological polar surface area (TPSA) is 52.6 Å². The van der Waals surface area contributed by atoms with Crippen LogP contribution in [0.25, 0.3) is 10.8 Å². The van der Waals surface area contributed by atoms with Gasteiger partial charge in [-0.15, -0.1) is 0 Å². The molecule has 1 fully saturated rings. The van der Waals surface area contributed by atoms with Crippen LogP contribution in [0.5, 0.6) is 0 Å². The van der Waals surface area contributed by atoms with Gasteiger partial charge in [0.2, 0.25) is 5.91 Å². The Labute approximate surface area is 141 Å². The Morgan fingerprint density at radius 1 is 1.35 bits per heavy atom. The maximum Gasteiger partial charge on any atom is 0.220 e. The van der Waals surface area contributed by atoms with E-state index in [1.165, 1.54) is 10.9 Å². The fourth-order valence-corrected chi connectivity index (χ4v) is 3.49. The van der Waals surface area contributed by atoms with Crippen LogP contribution in [0, 0.1) is 5.92 Å². The van der Waals surface area contributed by atoms with Crippen molar-refractivity contribution in [1.82, 2.24) is 10.2 Å². The highest BCUT2D eigenvalue weighted by Gasteiger charge is 2.32. The molecule has 23 heavy (non-hydrogen) atoms. The number of benzene rings is 2. The molecule has 1 aliphatic heterocycles. The molecule has 0 spiro atoms. The van der Waals surface area contributed by atoms with Crippen molar-refractivity contribution in [3.8, 4) is 0 Å². The second-order valence-electron chi connectivity index (χ2n) is 6.18. The van der Waals surface area contributed by atoms with Crippen molar-refractivity contribution < 1.29 is 9.90 Å². The Balaban J connectivity index is 1.74. The summed E-state index contributed by atoms with van der Waals surface area (Å²) in [5, 5.41) is 15.9. The Bertz CT molecular complexity index is 719. The predicted octanol–water partition coefficient (Wildman–Crippen LogP) is 2.42. The number of aliphatic hydroxyl groups excluding tert-OH is 1. The van der Waals surface area contributed by atoms with Crippen LogP contribution in [-0.4, -0.2) is 42.2 Å². The van der Waals surface area contributed by atoms with E-state index in [0.29, 0.717) is 13.0 Å². The number of amides is 1. The number of halogens is 1. The van der Waals surface area contributed by atoms with E-state index >= 15 is 0 Å². The number of rotatable bonds is 4. The van der Waals surface area contributed by atoms with Crippen molar-refractivity contribution in [3.63, 3.8) is 0 Å². The fourth-order valence-electron chi connectivity index (χ4n) is 3.31. The zero-order valence-electron chi connectivity index (χ0n) is 13.1. The molecule has 0 unspecified atom stereocenters. The zero-order chi connectivity index (χ0) is 16.4. The predicted molar refractivity (Wildman–Crippen MR) is 92.4 cm³/mol. The molecule has 0 saturated carbocycles. The van der Waals surface area contributed by atoms with Gasteiger partial charge in [0.15, 0.2) is 0 Å². The lowest BCUT2D eigenvalue weighted by Crippen LogP contribution is -2.27. The molecule has 4 nitrogen and oxygen atoms in total. The maximum absolute atomic E-state index is 11.5. The molecule has 2 aromatic rings. The van der Waals surface area contributed by atoms with Crippen LogP contribution < -0.4 is 5.32 Å². The van der Waals surface area contributed by atoms with E-state index in [2.05, 4.69) is 22.3 Å². The van der Waals surface area contributed by atoms with Crippen LogP contribution in [0.15, 0.2) is 36.4 Å². The van der Waals surface area contributed by atoms with Gasteiger partial charge in [-0.1, -0.05) is 35.9 Å². The van der Waals surface area contributed by atoms with Crippen molar-refractivity contribution in [2.24, 2.45) is 5.92 Å². The smallest absolute Gasteiger partial charge is 0.220 e. The van der Waals surface area contributed by atoms with E-state index in [0.717, 1.165) is 23.5 Å². The number of hydrogen-bond acceptors (Lipinski definition) is 3. The Hall–Kier alpha value is -1.62. The van der Waals surface area contributed by atoms with Crippen LogP contribution in [0.4, 0.5) is 0 Å². The molecule has 2 aromatic carbocycles. The molecule has 2 N–H and O–H groups in total. The molecule has 5 heteroatoms. The standard InChI is InChI=1S/C18H21ClN2O2/c1-20-18(23)8-14-10-21(11-17(14)22)9-13-4-2-3-12-7-15(19)5-6-16(12)13/h2-7,14,17,22H,8-11H2,1H3,(H,20,23)/t14-,17-/m1/s1. The lowest BCUT2D eigenvalue weighted by molar-refractivity contribution is -0.122. The molecule has 1 heterocycles. The summed E-state index contributed by atoms with van der Waals surface area (Å²) in [5.74, 6) is -0.0185. The number of likely N-dealkylation sites (tertiary alicyclic amines) is 1. The van der Waals surface area contributed by atoms with Crippen molar-refractivity contribution in [2.45, 2.75) is 19.1 Å². The molecule has 1 amide bonds. The summed E-state index contributed by atoms with van der Waals surface area (Å²) >= 11 is 6.06. The first-order chi connectivity index (χ1) is 11.1. The van der Waals surface area contributed by atoms with E-state index in [9.17, 15) is 9.90 Å². The number of nitrogens with zero attached hydrogens (tertiary/aromatic N) is 1. The van der Waals surface area contributed by atoms with Gasteiger partial charge in [0.25, 0.3) is 0 Å². The van der Waals surface area contributed by atoms with Crippen molar-refractivity contribution in [1.29, 1.82) is 0 Å². The Kier molecular flexibility index (Phi) is 4.85. The van der Waals surface area contributed by atoms with Gasteiger partial charge in [0, 0.05) is 44.0 Å². The van der Waals surface area contributed by atoms with E-state index in [4.69, 9.17) is 11.6 Å². The van der Waals surface area contributed by atoms with Gasteiger partial charge in [0.05, 0.1) is 6.10 Å². The van der Waals surface area contributed by atoms with Crippen molar-refractivity contribution >= 4 is 28.3 Å². The number of nitrogens with one attached hydrogen (secondary N) is 1. The first-order valence-corrected chi connectivity index (χ1v) is 8.23. The summed E-state index contributed by atoms with van der Waals surface area (Å²) in [4.78, 5) is 13.7. The Morgan fingerprint density at radius 2 is 2.17 bits per heavy atom. The third-order valence-electron chi connectivity index (χ3n) is 4.54. The Morgan fingerprint density at radius 3 is 2.96 bits per heavy atom. The SMILES string of the molecule is CNC(=O)C[C@@H]1CN(Cc2cccc3cc(Cl)ccc23)C[C@H]1O. The molecule has 1 aliphatic rings. The van der Waals surface area contributed by atoms with Crippen molar-refractivity contribution in [2.75, 3.05) is 20.1 Å². The average molecular weight is 333 g/mol. The summed E-state index contributed by atoms with van der Waals surface area (Å²) in [7, 11) is 1.63. The molecule has 0 radical (unpaired) electrons. The molecule has 0 aliphatic carbocycles. The van der Waals surface area contributed by atoms with E-state index < -0.39 is 6.10 Å². The van der Waals surface area contributed by atoms with Crippen LogP contribution in [0.2, 0.25) is 5.02 Å². The molecular weight excluding hydrogens is 312 g/mol. The summed E-state index contributed by atoms with van der Waals surface area (Å²) < 4.78 is 0. The van der Waals surface area contributed by atoms with Gasteiger partial charge >= 0.3 is 0 Å². The van der Waals surface area contributed by atoms with Gasteiger partial charge in [-0.2, -0.15) is 0 Å². The molecule has 3 rings (SSSR count).